The van der Waals surface area contributed by atoms with E-state index < -0.39 is 0 Å². The molecule has 0 aliphatic carbocycles. The molecule has 3 nitrogen and oxygen atoms in total. The van der Waals surface area contributed by atoms with Crippen molar-refractivity contribution in [3.8, 4) is 6.07 Å². The molecule has 2 heterocycles. The lowest BCUT2D eigenvalue weighted by atomic mass is 9.78. The Hall–Kier alpha value is -1.02. The average molecular weight is 345 g/mol. The molecule has 3 rings (SSSR count). The second kappa shape index (κ2) is 8.38. The minimum absolute atomic E-state index is 0.142. The lowest BCUT2D eigenvalue weighted by molar-refractivity contribution is 0.0343. The minimum Gasteiger partial charge on any atom is -0.381 e. The fraction of sp³-hybridized carbons (Fsp3) is 0.650. The Morgan fingerprint density at radius 2 is 2.04 bits per heavy atom. The van der Waals surface area contributed by atoms with Crippen molar-refractivity contribution >= 4 is 11.8 Å². The van der Waals surface area contributed by atoms with Crippen LogP contribution < -0.4 is 0 Å². The molecule has 2 fully saturated rings. The Morgan fingerprint density at radius 1 is 1.29 bits per heavy atom. The Morgan fingerprint density at radius 3 is 2.75 bits per heavy atom. The smallest absolute Gasteiger partial charge is 0.0691 e. The zero-order valence-electron chi connectivity index (χ0n) is 14.6. The molecular formula is C20H28N2OS. The molecule has 24 heavy (non-hydrogen) atoms. The molecule has 0 saturated carbocycles. The highest BCUT2D eigenvalue weighted by Crippen LogP contribution is 2.38. The van der Waals surface area contributed by atoms with Gasteiger partial charge in [0, 0.05) is 36.8 Å². The standard InChI is InChI=1S/C20H28N2OS/c1-17-19(18-6-3-2-4-7-18)22(12-15-24-17)11-5-8-20(16-21)9-13-23-14-10-20/h2-4,6-7,17,19H,5,8-15H2,1H3/t17-,19+/m1/s1. The van der Waals surface area contributed by atoms with Gasteiger partial charge >= 0.3 is 0 Å². The number of hydrogen-bond donors (Lipinski definition) is 0. The van der Waals surface area contributed by atoms with Gasteiger partial charge in [-0.25, -0.2) is 0 Å². The molecule has 4 heteroatoms. The monoisotopic (exact) mass is 344 g/mol. The van der Waals surface area contributed by atoms with Gasteiger partial charge in [0.05, 0.1) is 11.5 Å². The van der Waals surface area contributed by atoms with E-state index in [0.29, 0.717) is 11.3 Å². The molecule has 0 spiro atoms. The SMILES string of the molecule is C[C@H]1SCCN(CCCC2(C#N)CCOCC2)[C@@H]1c1ccccc1. The van der Waals surface area contributed by atoms with Crippen LogP contribution in [0.15, 0.2) is 30.3 Å². The van der Waals surface area contributed by atoms with Crippen molar-refractivity contribution < 1.29 is 4.74 Å². The molecule has 130 valence electrons. The van der Waals surface area contributed by atoms with Crippen molar-refractivity contribution in [1.82, 2.24) is 4.90 Å². The minimum atomic E-state index is -0.142. The van der Waals surface area contributed by atoms with Crippen molar-refractivity contribution in [2.24, 2.45) is 5.41 Å². The van der Waals surface area contributed by atoms with Gasteiger partial charge in [-0.1, -0.05) is 37.3 Å². The van der Waals surface area contributed by atoms with E-state index in [0.717, 1.165) is 52.0 Å². The van der Waals surface area contributed by atoms with Crippen LogP contribution in [-0.2, 0) is 4.74 Å². The summed E-state index contributed by atoms with van der Waals surface area (Å²) in [6.45, 7) is 6.09. The number of rotatable bonds is 5. The van der Waals surface area contributed by atoms with Gasteiger partial charge in [0.2, 0.25) is 0 Å². The van der Waals surface area contributed by atoms with E-state index in [2.05, 4.69) is 60.0 Å². The molecule has 2 aliphatic rings. The Kier molecular flexibility index (Phi) is 6.21. The maximum atomic E-state index is 9.63. The van der Waals surface area contributed by atoms with E-state index in [-0.39, 0.29) is 5.41 Å². The third-order valence-corrected chi connectivity index (χ3v) is 6.73. The molecule has 0 aromatic heterocycles. The zero-order chi connectivity index (χ0) is 16.8. The van der Waals surface area contributed by atoms with Crippen LogP contribution in [0, 0.1) is 16.7 Å². The molecule has 1 aromatic carbocycles. The van der Waals surface area contributed by atoms with Gasteiger partial charge in [0.15, 0.2) is 0 Å². The van der Waals surface area contributed by atoms with E-state index in [1.807, 2.05) is 0 Å². The number of ether oxygens (including phenoxy) is 1. The zero-order valence-corrected chi connectivity index (χ0v) is 15.4. The summed E-state index contributed by atoms with van der Waals surface area (Å²) >= 11 is 2.08. The molecule has 2 aliphatic heterocycles. The summed E-state index contributed by atoms with van der Waals surface area (Å²) < 4.78 is 5.45. The summed E-state index contributed by atoms with van der Waals surface area (Å²) in [6, 6.07) is 14.0. The summed E-state index contributed by atoms with van der Waals surface area (Å²) in [4.78, 5) is 2.64. The van der Waals surface area contributed by atoms with E-state index in [9.17, 15) is 5.26 Å². The normalized spacial score (nSPS) is 27.5. The fourth-order valence-corrected chi connectivity index (χ4v) is 5.29. The van der Waals surface area contributed by atoms with Crippen molar-refractivity contribution in [3.63, 3.8) is 0 Å². The highest BCUT2D eigenvalue weighted by Gasteiger charge is 2.34. The quantitative estimate of drug-likeness (QED) is 0.799. The van der Waals surface area contributed by atoms with Crippen LogP contribution in [0.5, 0.6) is 0 Å². The van der Waals surface area contributed by atoms with Gasteiger partial charge in [-0.15, -0.1) is 0 Å². The summed E-state index contributed by atoms with van der Waals surface area (Å²) in [5, 5.41) is 10.2. The van der Waals surface area contributed by atoms with Gasteiger partial charge in [-0.05, 0) is 37.8 Å². The predicted molar refractivity (Wildman–Crippen MR) is 100 cm³/mol. The molecule has 0 N–H and O–H groups in total. The van der Waals surface area contributed by atoms with Crippen LogP contribution in [0.3, 0.4) is 0 Å². The number of nitrogens with zero attached hydrogens (tertiary/aromatic N) is 2. The maximum absolute atomic E-state index is 9.63. The van der Waals surface area contributed by atoms with E-state index >= 15 is 0 Å². The highest BCUT2D eigenvalue weighted by atomic mass is 32.2. The van der Waals surface area contributed by atoms with Gasteiger partial charge in [-0.3, -0.25) is 4.90 Å². The lowest BCUT2D eigenvalue weighted by Gasteiger charge is -2.40. The number of hydrogen-bond acceptors (Lipinski definition) is 4. The molecular weight excluding hydrogens is 316 g/mol. The Labute approximate surface area is 150 Å². The molecule has 0 amide bonds. The number of nitriles is 1. The van der Waals surface area contributed by atoms with Crippen LogP contribution in [0.1, 0.15) is 44.2 Å². The van der Waals surface area contributed by atoms with Crippen molar-refractivity contribution in [2.45, 2.75) is 43.9 Å². The lowest BCUT2D eigenvalue weighted by Crippen LogP contribution is -2.41. The molecule has 2 atom stereocenters. The third kappa shape index (κ3) is 4.14. The van der Waals surface area contributed by atoms with Crippen molar-refractivity contribution in [2.75, 3.05) is 32.1 Å². The molecule has 1 aromatic rings. The summed E-state index contributed by atoms with van der Waals surface area (Å²) in [5.74, 6) is 1.21. The van der Waals surface area contributed by atoms with Crippen LogP contribution in [0.4, 0.5) is 0 Å². The van der Waals surface area contributed by atoms with Crippen LogP contribution in [0.2, 0.25) is 0 Å². The van der Waals surface area contributed by atoms with Gasteiger partial charge < -0.3 is 4.74 Å². The van der Waals surface area contributed by atoms with Gasteiger partial charge in [-0.2, -0.15) is 17.0 Å². The Bertz CT molecular complexity index is 551. The second-order valence-electron chi connectivity index (χ2n) is 7.08. The highest BCUT2D eigenvalue weighted by molar-refractivity contribution is 8.00. The van der Waals surface area contributed by atoms with Gasteiger partial charge in [0.1, 0.15) is 0 Å². The molecule has 0 unspecified atom stereocenters. The van der Waals surface area contributed by atoms with Gasteiger partial charge in [0.25, 0.3) is 0 Å². The molecule has 0 bridgehead atoms. The fourth-order valence-electron chi connectivity index (χ4n) is 4.07. The van der Waals surface area contributed by atoms with Crippen LogP contribution in [0.25, 0.3) is 0 Å². The van der Waals surface area contributed by atoms with Crippen LogP contribution in [-0.4, -0.2) is 42.2 Å². The van der Waals surface area contributed by atoms with Crippen molar-refractivity contribution in [3.05, 3.63) is 35.9 Å². The predicted octanol–water partition coefficient (Wildman–Crippen LogP) is 4.27. The summed E-state index contributed by atoms with van der Waals surface area (Å²) in [6.07, 6.45) is 3.91. The average Bonchev–Trinajstić information content (AvgIpc) is 2.63. The summed E-state index contributed by atoms with van der Waals surface area (Å²) in [5.41, 5.74) is 1.29. The first kappa shape index (κ1) is 17.8. The van der Waals surface area contributed by atoms with Crippen LogP contribution >= 0.6 is 11.8 Å². The third-order valence-electron chi connectivity index (χ3n) is 5.53. The van der Waals surface area contributed by atoms with Crippen molar-refractivity contribution in [1.29, 1.82) is 5.26 Å². The maximum Gasteiger partial charge on any atom is 0.0691 e. The first-order valence-corrected chi connectivity index (χ1v) is 10.2. The molecule has 2 saturated heterocycles. The number of benzene rings is 1. The topological polar surface area (TPSA) is 36.3 Å². The number of thioether (sulfide) groups is 1. The largest absolute Gasteiger partial charge is 0.381 e. The summed E-state index contributed by atoms with van der Waals surface area (Å²) in [7, 11) is 0. The molecule has 0 radical (unpaired) electrons. The van der Waals surface area contributed by atoms with E-state index in [1.165, 1.54) is 11.3 Å². The first-order valence-electron chi connectivity index (χ1n) is 9.14. The van der Waals surface area contributed by atoms with E-state index in [4.69, 9.17) is 4.74 Å². The Balaban J connectivity index is 1.61. The first-order chi connectivity index (χ1) is 11.7. The second-order valence-corrected chi connectivity index (χ2v) is 8.56. The van der Waals surface area contributed by atoms with E-state index in [1.54, 1.807) is 0 Å².